The Balaban J connectivity index is 2.79. The van der Waals surface area contributed by atoms with Crippen molar-refractivity contribution in [2.45, 2.75) is 39.7 Å². The van der Waals surface area contributed by atoms with E-state index in [1.165, 1.54) is 12.1 Å². The molecule has 0 heterocycles. The molecule has 0 saturated heterocycles. The standard InChI is InChI=1S/C14H21ClN2O2/c1-4-14(16-5-2)10(3)8-11-6-7-12(17(18)19)9-13(11)15/h6-7,9-10,14,16H,4-5,8H2,1-3H3. The lowest BCUT2D eigenvalue weighted by Gasteiger charge is -2.23. The van der Waals surface area contributed by atoms with Gasteiger partial charge in [0.25, 0.3) is 5.69 Å². The van der Waals surface area contributed by atoms with Gasteiger partial charge in [-0.3, -0.25) is 10.1 Å². The first-order valence-corrected chi connectivity index (χ1v) is 7.03. The summed E-state index contributed by atoms with van der Waals surface area (Å²) >= 11 is 6.12. The van der Waals surface area contributed by atoms with E-state index in [4.69, 9.17) is 11.6 Å². The van der Waals surface area contributed by atoms with Crippen LogP contribution in [0, 0.1) is 16.0 Å². The van der Waals surface area contributed by atoms with E-state index in [1.807, 2.05) is 0 Å². The Kier molecular flexibility index (Phi) is 6.25. The maximum absolute atomic E-state index is 10.7. The second-order valence-corrected chi connectivity index (χ2v) is 5.19. The molecule has 106 valence electrons. The van der Waals surface area contributed by atoms with Crippen LogP contribution in [-0.2, 0) is 6.42 Å². The maximum Gasteiger partial charge on any atom is 0.270 e. The Bertz CT molecular complexity index is 437. The highest BCUT2D eigenvalue weighted by molar-refractivity contribution is 6.31. The van der Waals surface area contributed by atoms with Gasteiger partial charge in [-0.2, -0.15) is 0 Å². The third-order valence-corrected chi connectivity index (χ3v) is 3.73. The third-order valence-electron chi connectivity index (χ3n) is 3.38. The van der Waals surface area contributed by atoms with E-state index in [1.54, 1.807) is 6.07 Å². The number of nitrogens with one attached hydrogen (secondary N) is 1. The largest absolute Gasteiger partial charge is 0.314 e. The van der Waals surface area contributed by atoms with E-state index < -0.39 is 4.92 Å². The molecule has 0 fully saturated rings. The predicted molar refractivity (Wildman–Crippen MR) is 78.7 cm³/mol. The van der Waals surface area contributed by atoms with Gasteiger partial charge < -0.3 is 5.32 Å². The van der Waals surface area contributed by atoms with E-state index in [-0.39, 0.29) is 5.69 Å². The normalized spacial score (nSPS) is 14.1. The highest BCUT2D eigenvalue weighted by atomic mass is 35.5. The number of non-ortho nitro benzene ring substituents is 1. The van der Waals surface area contributed by atoms with Crippen molar-refractivity contribution in [1.29, 1.82) is 0 Å². The van der Waals surface area contributed by atoms with Crippen molar-refractivity contribution >= 4 is 17.3 Å². The number of nitrogens with zero attached hydrogens (tertiary/aromatic N) is 1. The minimum atomic E-state index is -0.424. The summed E-state index contributed by atoms with van der Waals surface area (Å²) in [6.07, 6.45) is 1.88. The summed E-state index contributed by atoms with van der Waals surface area (Å²) in [5.74, 6) is 0.434. The molecule has 1 N–H and O–H groups in total. The highest BCUT2D eigenvalue weighted by Crippen LogP contribution is 2.25. The summed E-state index contributed by atoms with van der Waals surface area (Å²) in [7, 11) is 0. The fourth-order valence-electron chi connectivity index (χ4n) is 2.31. The fraction of sp³-hybridized carbons (Fsp3) is 0.571. The monoisotopic (exact) mass is 284 g/mol. The summed E-state index contributed by atoms with van der Waals surface area (Å²) in [5, 5.41) is 14.6. The zero-order chi connectivity index (χ0) is 14.4. The van der Waals surface area contributed by atoms with Crippen molar-refractivity contribution < 1.29 is 4.92 Å². The van der Waals surface area contributed by atoms with E-state index in [2.05, 4.69) is 26.1 Å². The van der Waals surface area contributed by atoms with Crippen LogP contribution in [0.15, 0.2) is 18.2 Å². The number of rotatable bonds is 7. The second-order valence-electron chi connectivity index (χ2n) is 4.79. The highest BCUT2D eigenvalue weighted by Gasteiger charge is 2.17. The molecule has 2 atom stereocenters. The Morgan fingerprint density at radius 3 is 2.58 bits per heavy atom. The molecule has 0 aliphatic heterocycles. The van der Waals surface area contributed by atoms with Crippen molar-refractivity contribution in [2.24, 2.45) is 5.92 Å². The Labute approximate surface area is 119 Å². The van der Waals surface area contributed by atoms with Crippen LogP contribution in [0.4, 0.5) is 5.69 Å². The first-order chi connectivity index (χ1) is 8.99. The molecule has 0 aromatic heterocycles. The van der Waals surface area contributed by atoms with Gasteiger partial charge in [0.2, 0.25) is 0 Å². The average Bonchev–Trinajstić information content (AvgIpc) is 2.37. The SMILES string of the molecule is CCNC(CC)C(C)Cc1ccc([N+](=O)[O-])cc1Cl. The predicted octanol–water partition coefficient (Wildman–Crippen LogP) is 3.81. The molecule has 0 aliphatic rings. The van der Waals surface area contributed by atoms with Gasteiger partial charge in [0.1, 0.15) is 0 Å². The van der Waals surface area contributed by atoms with Gasteiger partial charge in [0.05, 0.1) is 9.95 Å². The first-order valence-electron chi connectivity index (χ1n) is 6.65. The van der Waals surface area contributed by atoms with Crippen molar-refractivity contribution in [2.75, 3.05) is 6.54 Å². The van der Waals surface area contributed by atoms with E-state index in [0.29, 0.717) is 17.0 Å². The summed E-state index contributed by atoms with van der Waals surface area (Å²) in [6.45, 7) is 7.36. The van der Waals surface area contributed by atoms with E-state index in [0.717, 1.165) is 24.9 Å². The van der Waals surface area contributed by atoms with Crippen LogP contribution in [0.1, 0.15) is 32.8 Å². The fourth-order valence-corrected chi connectivity index (χ4v) is 2.57. The summed E-state index contributed by atoms with van der Waals surface area (Å²) < 4.78 is 0. The van der Waals surface area contributed by atoms with Crippen LogP contribution < -0.4 is 5.32 Å². The summed E-state index contributed by atoms with van der Waals surface area (Å²) in [5.41, 5.74) is 1.01. The van der Waals surface area contributed by atoms with E-state index >= 15 is 0 Å². The number of benzene rings is 1. The Hall–Kier alpha value is -1.13. The molecule has 4 nitrogen and oxygen atoms in total. The molecule has 1 aromatic carbocycles. The first kappa shape index (κ1) is 15.9. The van der Waals surface area contributed by atoms with Crippen LogP contribution in [-0.4, -0.2) is 17.5 Å². The number of nitro benzene ring substituents is 1. The van der Waals surface area contributed by atoms with Crippen molar-refractivity contribution in [3.8, 4) is 0 Å². The number of nitro groups is 1. The number of hydrogen-bond donors (Lipinski definition) is 1. The van der Waals surface area contributed by atoms with Gasteiger partial charge >= 0.3 is 0 Å². The molecular formula is C14H21ClN2O2. The molecule has 5 heteroatoms. The molecule has 1 rings (SSSR count). The van der Waals surface area contributed by atoms with Gasteiger partial charge in [-0.25, -0.2) is 0 Å². The summed E-state index contributed by atoms with van der Waals surface area (Å²) in [4.78, 5) is 10.2. The van der Waals surface area contributed by atoms with Gasteiger partial charge in [0, 0.05) is 18.2 Å². The van der Waals surface area contributed by atoms with Crippen LogP contribution in [0.3, 0.4) is 0 Å². The van der Waals surface area contributed by atoms with Gasteiger partial charge in [0.15, 0.2) is 0 Å². The lowest BCUT2D eigenvalue weighted by atomic mass is 9.92. The Morgan fingerprint density at radius 1 is 1.42 bits per heavy atom. The number of hydrogen-bond acceptors (Lipinski definition) is 3. The molecule has 19 heavy (non-hydrogen) atoms. The minimum absolute atomic E-state index is 0.0418. The zero-order valence-electron chi connectivity index (χ0n) is 11.6. The van der Waals surface area contributed by atoms with Crippen LogP contribution in [0.5, 0.6) is 0 Å². The zero-order valence-corrected chi connectivity index (χ0v) is 12.4. The molecule has 0 amide bonds. The minimum Gasteiger partial charge on any atom is -0.314 e. The molecule has 0 saturated carbocycles. The molecule has 1 aromatic rings. The average molecular weight is 285 g/mol. The molecular weight excluding hydrogens is 264 g/mol. The Morgan fingerprint density at radius 2 is 2.11 bits per heavy atom. The third kappa shape index (κ3) is 4.48. The quantitative estimate of drug-likeness (QED) is 0.612. The molecule has 2 unspecified atom stereocenters. The van der Waals surface area contributed by atoms with Crippen molar-refractivity contribution in [3.63, 3.8) is 0 Å². The van der Waals surface area contributed by atoms with E-state index in [9.17, 15) is 10.1 Å². The van der Waals surface area contributed by atoms with Gasteiger partial charge in [-0.05, 0) is 30.9 Å². The lowest BCUT2D eigenvalue weighted by Crippen LogP contribution is -2.35. The van der Waals surface area contributed by atoms with Gasteiger partial charge in [-0.15, -0.1) is 0 Å². The van der Waals surface area contributed by atoms with Crippen LogP contribution in [0.25, 0.3) is 0 Å². The van der Waals surface area contributed by atoms with Gasteiger partial charge in [-0.1, -0.05) is 38.4 Å². The maximum atomic E-state index is 10.7. The number of halogens is 1. The second kappa shape index (κ2) is 7.46. The molecule has 0 aliphatic carbocycles. The molecule has 0 spiro atoms. The van der Waals surface area contributed by atoms with Crippen LogP contribution >= 0.6 is 11.6 Å². The summed E-state index contributed by atoms with van der Waals surface area (Å²) in [6, 6.07) is 5.14. The smallest absolute Gasteiger partial charge is 0.270 e. The molecule has 0 bridgehead atoms. The lowest BCUT2D eigenvalue weighted by molar-refractivity contribution is -0.384. The molecule has 0 radical (unpaired) electrons. The topological polar surface area (TPSA) is 55.2 Å². The van der Waals surface area contributed by atoms with Crippen molar-refractivity contribution in [3.05, 3.63) is 38.9 Å². The van der Waals surface area contributed by atoms with Crippen LogP contribution in [0.2, 0.25) is 5.02 Å². The van der Waals surface area contributed by atoms with Crippen molar-refractivity contribution in [1.82, 2.24) is 5.32 Å².